The van der Waals surface area contributed by atoms with Gasteiger partial charge in [-0.3, -0.25) is 4.79 Å². The fourth-order valence-corrected chi connectivity index (χ4v) is 6.76. The van der Waals surface area contributed by atoms with E-state index in [0.717, 1.165) is 37.7 Å². The largest absolute Gasteiger partial charge is 0.339 e. The van der Waals surface area contributed by atoms with Gasteiger partial charge in [-0.25, -0.2) is 12.7 Å². The molecule has 1 aromatic rings. The zero-order valence-corrected chi connectivity index (χ0v) is 19.8. The zero-order valence-electron chi connectivity index (χ0n) is 19.0. The van der Waals surface area contributed by atoms with Gasteiger partial charge < -0.3 is 10.6 Å². The maximum atomic E-state index is 12.6. The van der Waals surface area contributed by atoms with Gasteiger partial charge in [-0.15, -0.1) is 0 Å². The SMILES string of the molecule is CC(C)S(=O)(=O)N1CCC(c2ccc(C[C@@H](C#N)NC(=O)C3NC4CCC3C4)cc2)CC1. The highest BCUT2D eigenvalue weighted by atomic mass is 32.2. The summed E-state index contributed by atoms with van der Waals surface area (Å²) in [6.07, 6.45) is 5.43. The van der Waals surface area contributed by atoms with Crippen LogP contribution in [0.3, 0.4) is 0 Å². The van der Waals surface area contributed by atoms with Crippen LogP contribution in [0.2, 0.25) is 0 Å². The lowest BCUT2D eigenvalue weighted by molar-refractivity contribution is -0.124. The number of nitriles is 1. The van der Waals surface area contributed by atoms with Crippen molar-refractivity contribution >= 4 is 15.9 Å². The number of carbonyl (C=O) groups is 1. The fraction of sp³-hybridized carbons (Fsp3) is 0.667. The molecule has 7 nitrogen and oxygen atoms in total. The summed E-state index contributed by atoms with van der Waals surface area (Å²) in [6, 6.07) is 10.2. The molecule has 1 aliphatic carbocycles. The van der Waals surface area contributed by atoms with Crippen molar-refractivity contribution in [1.29, 1.82) is 5.26 Å². The first-order valence-electron chi connectivity index (χ1n) is 11.8. The maximum absolute atomic E-state index is 12.6. The highest BCUT2D eigenvalue weighted by Gasteiger charge is 2.43. The van der Waals surface area contributed by atoms with E-state index in [1.807, 2.05) is 12.1 Å². The van der Waals surface area contributed by atoms with E-state index in [0.29, 0.717) is 37.4 Å². The van der Waals surface area contributed by atoms with Gasteiger partial charge in [0.2, 0.25) is 15.9 Å². The average molecular weight is 459 g/mol. The maximum Gasteiger partial charge on any atom is 0.238 e. The molecule has 2 saturated heterocycles. The number of nitrogens with one attached hydrogen (secondary N) is 2. The minimum Gasteiger partial charge on any atom is -0.339 e. The molecule has 2 aliphatic heterocycles. The number of sulfonamides is 1. The summed E-state index contributed by atoms with van der Waals surface area (Å²) in [5, 5.41) is 15.5. The molecule has 0 radical (unpaired) electrons. The van der Waals surface area contributed by atoms with Gasteiger partial charge >= 0.3 is 0 Å². The molecule has 1 saturated carbocycles. The molecular weight excluding hydrogens is 424 g/mol. The molecule has 4 rings (SSSR count). The van der Waals surface area contributed by atoms with Crippen molar-refractivity contribution in [3.8, 4) is 6.07 Å². The number of amides is 1. The topological polar surface area (TPSA) is 102 Å². The molecule has 3 fully saturated rings. The minimum absolute atomic E-state index is 0.0523. The van der Waals surface area contributed by atoms with Crippen LogP contribution in [0.25, 0.3) is 0 Å². The van der Waals surface area contributed by atoms with Crippen LogP contribution in [-0.4, -0.2) is 55.1 Å². The minimum atomic E-state index is -3.18. The molecule has 2 bridgehead atoms. The molecule has 8 heteroatoms. The van der Waals surface area contributed by atoms with E-state index < -0.39 is 16.1 Å². The van der Waals surface area contributed by atoms with Crippen LogP contribution in [0.5, 0.6) is 0 Å². The Morgan fingerprint density at radius 2 is 1.88 bits per heavy atom. The molecule has 1 aromatic carbocycles. The molecule has 3 unspecified atom stereocenters. The zero-order chi connectivity index (χ0) is 22.9. The standard InChI is InChI=1S/C24H34N4O3S/c1-16(2)32(30,31)28-11-9-19(10-12-28)18-5-3-17(4-6-18)13-22(15-25)27-24(29)23-20-7-8-21(14-20)26-23/h3-6,16,19-23,26H,7-14H2,1-2H3,(H,27,29)/t20?,21?,22-,23?/m0/s1. The Morgan fingerprint density at radius 1 is 1.19 bits per heavy atom. The Labute approximate surface area is 191 Å². The Kier molecular flexibility index (Phi) is 6.89. The molecule has 3 aliphatic rings. The summed E-state index contributed by atoms with van der Waals surface area (Å²) in [5.41, 5.74) is 2.22. The van der Waals surface area contributed by atoms with Gasteiger partial charge in [0, 0.05) is 25.6 Å². The van der Waals surface area contributed by atoms with Crippen molar-refractivity contribution in [2.24, 2.45) is 5.92 Å². The van der Waals surface area contributed by atoms with Crippen LogP contribution in [0.1, 0.15) is 63.0 Å². The third kappa shape index (κ3) is 4.85. The van der Waals surface area contributed by atoms with Crippen LogP contribution >= 0.6 is 0 Å². The van der Waals surface area contributed by atoms with Crippen LogP contribution < -0.4 is 10.6 Å². The second kappa shape index (κ2) is 9.50. The number of piperidine rings is 2. The smallest absolute Gasteiger partial charge is 0.238 e. The predicted molar refractivity (Wildman–Crippen MR) is 123 cm³/mol. The normalized spacial score (nSPS) is 27.4. The Hall–Kier alpha value is -1.95. The third-order valence-corrected chi connectivity index (χ3v) is 9.69. The van der Waals surface area contributed by atoms with Gasteiger partial charge in [0.15, 0.2) is 0 Å². The van der Waals surface area contributed by atoms with Crippen molar-refractivity contribution in [2.75, 3.05) is 13.1 Å². The molecule has 2 N–H and O–H groups in total. The molecule has 0 aromatic heterocycles. The first-order chi connectivity index (χ1) is 15.3. The van der Waals surface area contributed by atoms with Crippen LogP contribution in [0.4, 0.5) is 0 Å². The summed E-state index contributed by atoms with van der Waals surface area (Å²) in [6.45, 7) is 4.58. The molecule has 1 amide bonds. The summed E-state index contributed by atoms with van der Waals surface area (Å²) in [5.74, 6) is 0.696. The molecule has 4 atom stereocenters. The van der Waals surface area contributed by atoms with Gasteiger partial charge in [-0.05, 0) is 68.9 Å². The quantitative estimate of drug-likeness (QED) is 0.653. The van der Waals surface area contributed by atoms with Crippen molar-refractivity contribution in [3.05, 3.63) is 35.4 Å². The van der Waals surface area contributed by atoms with Gasteiger partial charge in [-0.2, -0.15) is 5.26 Å². The van der Waals surface area contributed by atoms with Crippen molar-refractivity contribution in [1.82, 2.24) is 14.9 Å². The molecule has 0 spiro atoms. The van der Waals surface area contributed by atoms with E-state index >= 15 is 0 Å². The predicted octanol–water partition coefficient (Wildman–Crippen LogP) is 2.30. The van der Waals surface area contributed by atoms with Crippen LogP contribution in [-0.2, 0) is 21.2 Å². The number of benzene rings is 1. The van der Waals surface area contributed by atoms with E-state index in [9.17, 15) is 18.5 Å². The van der Waals surface area contributed by atoms with E-state index in [-0.39, 0.29) is 17.2 Å². The first-order valence-corrected chi connectivity index (χ1v) is 13.3. The number of rotatable bonds is 7. The fourth-order valence-electron chi connectivity index (χ4n) is 5.44. The molecular formula is C24H34N4O3S. The highest BCUT2D eigenvalue weighted by molar-refractivity contribution is 7.89. The lowest BCUT2D eigenvalue weighted by Crippen LogP contribution is -2.50. The number of fused-ring (bicyclic) bond motifs is 2. The molecule has 32 heavy (non-hydrogen) atoms. The van der Waals surface area contributed by atoms with E-state index in [1.165, 1.54) is 5.56 Å². The summed E-state index contributed by atoms with van der Waals surface area (Å²) >= 11 is 0. The third-order valence-electron chi connectivity index (χ3n) is 7.42. The first kappa shape index (κ1) is 23.2. The number of carbonyl (C=O) groups excluding carboxylic acids is 1. The Balaban J connectivity index is 1.30. The Bertz CT molecular complexity index is 962. The van der Waals surface area contributed by atoms with Crippen LogP contribution in [0, 0.1) is 17.2 Å². The van der Waals surface area contributed by atoms with Crippen molar-refractivity contribution in [2.45, 2.75) is 81.7 Å². The number of nitrogens with zero attached hydrogens (tertiary/aromatic N) is 2. The van der Waals surface area contributed by atoms with E-state index in [1.54, 1.807) is 18.2 Å². The summed E-state index contributed by atoms with van der Waals surface area (Å²) < 4.78 is 26.4. The number of hydrogen-bond acceptors (Lipinski definition) is 5. The second-order valence-electron chi connectivity index (χ2n) is 9.82. The molecule has 174 valence electrons. The van der Waals surface area contributed by atoms with Crippen LogP contribution in [0.15, 0.2) is 24.3 Å². The molecule has 2 heterocycles. The van der Waals surface area contributed by atoms with E-state index in [4.69, 9.17) is 0 Å². The second-order valence-corrected chi connectivity index (χ2v) is 12.3. The highest BCUT2D eigenvalue weighted by Crippen LogP contribution is 2.35. The lowest BCUT2D eigenvalue weighted by atomic mass is 9.89. The van der Waals surface area contributed by atoms with Crippen molar-refractivity contribution < 1.29 is 13.2 Å². The van der Waals surface area contributed by atoms with Gasteiger partial charge in [-0.1, -0.05) is 24.3 Å². The summed E-state index contributed by atoms with van der Waals surface area (Å²) in [7, 11) is -3.18. The van der Waals surface area contributed by atoms with E-state index in [2.05, 4.69) is 28.8 Å². The monoisotopic (exact) mass is 458 g/mol. The van der Waals surface area contributed by atoms with Gasteiger partial charge in [0.25, 0.3) is 0 Å². The van der Waals surface area contributed by atoms with Gasteiger partial charge in [0.05, 0.1) is 17.4 Å². The Morgan fingerprint density at radius 3 is 2.41 bits per heavy atom. The van der Waals surface area contributed by atoms with Crippen molar-refractivity contribution in [3.63, 3.8) is 0 Å². The lowest BCUT2D eigenvalue weighted by Gasteiger charge is -2.32. The number of hydrogen-bond donors (Lipinski definition) is 2. The van der Waals surface area contributed by atoms with Gasteiger partial charge in [0.1, 0.15) is 6.04 Å². The summed E-state index contributed by atoms with van der Waals surface area (Å²) in [4.78, 5) is 12.6. The average Bonchev–Trinajstić information content (AvgIpc) is 3.43.